The van der Waals surface area contributed by atoms with Crippen molar-refractivity contribution in [1.82, 2.24) is 35.0 Å². The zero-order chi connectivity index (χ0) is 26.0. The number of benzene rings is 1. The van der Waals surface area contributed by atoms with E-state index in [2.05, 4.69) is 45.5 Å². The molecule has 0 aliphatic carbocycles. The minimum Gasteiger partial charge on any atom is -0.348 e. The number of likely N-dealkylation sites (N-methyl/N-ethyl adjacent to an activating group) is 1. The van der Waals surface area contributed by atoms with Crippen LogP contribution in [0.25, 0.3) is 28.2 Å². The molecule has 0 bridgehead atoms. The summed E-state index contributed by atoms with van der Waals surface area (Å²) >= 11 is 0. The molecule has 36 heavy (non-hydrogen) atoms. The molecule has 3 aromatic heterocycles. The van der Waals surface area contributed by atoms with E-state index < -0.39 is 6.04 Å². The molecule has 3 heterocycles. The van der Waals surface area contributed by atoms with Crippen LogP contribution < -0.4 is 5.32 Å². The van der Waals surface area contributed by atoms with Gasteiger partial charge in [-0.2, -0.15) is 10.2 Å². The van der Waals surface area contributed by atoms with E-state index in [0.717, 1.165) is 52.4 Å². The monoisotopic (exact) mass is 491 g/mol. The van der Waals surface area contributed by atoms with Crippen molar-refractivity contribution in [3.05, 3.63) is 59.3 Å². The van der Waals surface area contributed by atoms with Gasteiger partial charge in [-0.15, -0.1) is 0 Å². The number of carbonyl (C=O) groups is 1. The van der Waals surface area contributed by atoms with Crippen LogP contribution in [0.3, 0.4) is 0 Å². The fourth-order valence-corrected chi connectivity index (χ4v) is 4.62. The third-order valence-corrected chi connectivity index (χ3v) is 6.60. The number of H-pyrrole nitrogens is 1. The highest BCUT2D eigenvalue weighted by Crippen LogP contribution is 2.37. The van der Waals surface area contributed by atoms with E-state index in [1.807, 2.05) is 31.9 Å². The lowest BCUT2D eigenvalue weighted by atomic mass is 9.92. The van der Waals surface area contributed by atoms with Crippen LogP contribution in [0.4, 0.5) is 4.39 Å². The molecule has 1 amide bonds. The van der Waals surface area contributed by atoms with Crippen molar-refractivity contribution in [1.29, 1.82) is 0 Å². The SMILES string of the molecule is CCN(CC)CC(=O)N[C@@H](C)c1cc(-c2[nH]nc(-c3cc(C)c4ncnn4c3)c2C(C)C)ccc1F. The highest BCUT2D eigenvalue weighted by Gasteiger charge is 2.22. The molecule has 1 atom stereocenters. The van der Waals surface area contributed by atoms with Gasteiger partial charge in [0.2, 0.25) is 5.91 Å². The maximum absolute atomic E-state index is 14.9. The van der Waals surface area contributed by atoms with E-state index >= 15 is 0 Å². The molecule has 0 aliphatic heterocycles. The molecule has 4 rings (SSSR count). The molecule has 0 aliphatic rings. The first-order valence-electron chi connectivity index (χ1n) is 12.4. The standard InChI is InChI=1S/C27H34FN7O/c1-7-34(8-2)14-23(36)31-18(6)21-12-19(9-10-22(21)28)25-24(16(3)4)26(33-32-25)20-11-17(5)27-29-15-30-35(27)13-20/h9-13,15-16,18H,7-8,14H2,1-6H3,(H,31,36)(H,32,33)/t18-/m0/s1. The number of rotatable bonds is 9. The van der Waals surface area contributed by atoms with Gasteiger partial charge in [-0.05, 0) is 62.7 Å². The predicted octanol–water partition coefficient (Wildman–Crippen LogP) is 4.88. The van der Waals surface area contributed by atoms with Gasteiger partial charge >= 0.3 is 0 Å². The average molecular weight is 492 g/mol. The van der Waals surface area contributed by atoms with Crippen LogP contribution in [0, 0.1) is 12.7 Å². The Balaban J connectivity index is 1.69. The molecule has 0 saturated carbocycles. The number of fused-ring (bicyclic) bond motifs is 1. The summed E-state index contributed by atoms with van der Waals surface area (Å²) in [6, 6.07) is 6.58. The molecular formula is C27H34FN7O. The fourth-order valence-electron chi connectivity index (χ4n) is 4.62. The highest BCUT2D eigenvalue weighted by molar-refractivity contribution is 5.79. The number of amides is 1. The number of aromatic nitrogens is 5. The van der Waals surface area contributed by atoms with Crippen molar-refractivity contribution in [2.75, 3.05) is 19.6 Å². The summed E-state index contributed by atoms with van der Waals surface area (Å²) in [4.78, 5) is 18.8. The van der Waals surface area contributed by atoms with E-state index in [1.165, 1.54) is 12.4 Å². The van der Waals surface area contributed by atoms with Gasteiger partial charge in [-0.25, -0.2) is 13.9 Å². The van der Waals surface area contributed by atoms with Crippen molar-refractivity contribution < 1.29 is 9.18 Å². The summed E-state index contributed by atoms with van der Waals surface area (Å²) in [5.74, 6) is -0.325. The second-order valence-corrected chi connectivity index (χ2v) is 9.44. The molecule has 190 valence electrons. The number of hydrogen-bond acceptors (Lipinski definition) is 5. The van der Waals surface area contributed by atoms with E-state index in [9.17, 15) is 9.18 Å². The molecule has 2 N–H and O–H groups in total. The molecule has 9 heteroatoms. The first-order valence-corrected chi connectivity index (χ1v) is 12.4. The highest BCUT2D eigenvalue weighted by atomic mass is 19.1. The zero-order valence-electron chi connectivity index (χ0n) is 21.8. The summed E-state index contributed by atoms with van der Waals surface area (Å²) in [6.45, 7) is 13.9. The quantitative estimate of drug-likeness (QED) is 0.348. The summed E-state index contributed by atoms with van der Waals surface area (Å²) in [6.07, 6.45) is 3.46. The van der Waals surface area contributed by atoms with Gasteiger partial charge in [0, 0.05) is 28.5 Å². The molecule has 0 fully saturated rings. The van der Waals surface area contributed by atoms with Gasteiger partial charge in [-0.3, -0.25) is 14.8 Å². The van der Waals surface area contributed by atoms with E-state index in [1.54, 1.807) is 23.6 Å². The summed E-state index contributed by atoms with van der Waals surface area (Å²) < 4.78 is 16.6. The third kappa shape index (κ3) is 5.02. The van der Waals surface area contributed by atoms with Crippen molar-refractivity contribution in [2.24, 2.45) is 0 Å². The lowest BCUT2D eigenvalue weighted by Gasteiger charge is -2.21. The minimum absolute atomic E-state index is 0.124. The Hall–Kier alpha value is -3.59. The summed E-state index contributed by atoms with van der Waals surface area (Å²) in [5, 5.41) is 15.1. The lowest BCUT2D eigenvalue weighted by molar-refractivity contribution is -0.122. The molecular weight excluding hydrogens is 457 g/mol. The van der Waals surface area contributed by atoms with Gasteiger partial charge in [-0.1, -0.05) is 27.7 Å². The van der Waals surface area contributed by atoms with E-state index in [-0.39, 0.29) is 24.2 Å². The first kappa shape index (κ1) is 25.5. The maximum atomic E-state index is 14.9. The molecule has 0 spiro atoms. The second kappa shape index (κ2) is 10.6. The Bertz CT molecular complexity index is 1370. The fraction of sp³-hybridized carbons (Fsp3) is 0.407. The van der Waals surface area contributed by atoms with Crippen LogP contribution in [0.2, 0.25) is 0 Å². The third-order valence-electron chi connectivity index (χ3n) is 6.60. The van der Waals surface area contributed by atoms with Crippen LogP contribution in [0.1, 0.15) is 63.3 Å². The molecule has 0 unspecified atom stereocenters. The average Bonchev–Trinajstić information content (AvgIpc) is 3.50. The number of aromatic amines is 1. The predicted molar refractivity (Wildman–Crippen MR) is 139 cm³/mol. The van der Waals surface area contributed by atoms with Crippen molar-refractivity contribution in [3.8, 4) is 22.5 Å². The van der Waals surface area contributed by atoms with Crippen LogP contribution in [0.5, 0.6) is 0 Å². The largest absolute Gasteiger partial charge is 0.348 e. The second-order valence-electron chi connectivity index (χ2n) is 9.44. The first-order chi connectivity index (χ1) is 17.2. The van der Waals surface area contributed by atoms with Crippen molar-refractivity contribution in [3.63, 3.8) is 0 Å². The molecule has 0 saturated heterocycles. The van der Waals surface area contributed by atoms with Gasteiger partial charge in [0.25, 0.3) is 0 Å². The molecule has 4 aromatic rings. The van der Waals surface area contributed by atoms with Crippen molar-refractivity contribution >= 4 is 11.6 Å². The molecule has 8 nitrogen and oxygen atoms in total. The van der Waals surface area contributed by atoms with Gasteiger partial charge in [0.15, 0.2) is 5.65 Å². The van der Waals surface area contributed by atoms with Crippen LogP contribution in [-0.2, 0) is 4.79 Å². The Morgan fingerprint density at radius 3 is 2.61 bits per heavy atom. The normalized spacial score (nSPS) is 12.6. The van der Waals surface area contributed by atoms with Crippen LogP contribution in [-0.4, -0.2) is 55.2 Å². The molecule has 1 aromatic carbocycles. The topological polar surface area (TPSA) is 91.2 Å². The number of nitrogens with zero attached hydrogens (tertiary/aromatic N) is 5. The van der Waals surface area contributed by atoms with Crippen LogP contribution in [0.15, 0.2) is 36.8 Å². The lowest BCUT2D eigenvalue weighted by Crippen LogP contribution is -2.38. The number of aryl methyl sites for hydroxylation is 1. The van der Waals surface area contributed by atoms with Gasteiger partial charge < -0.3 is 5.32 Å². The number of carbonyl (C=O) groups excluding carboxylic acids is 1. The van der Waals surface area contributed by atoms with Gasteiger partial charge in [0.1, 0.15) is 12.1 Å². The van der Waals surface area contributed by atoms with Gasteiger partial charge in [0.05, 0.1) is 24.0 Å². The minimum atomic E-state index is -0.477. The maximum Gasteiger partial charge on any atom is 0.234 e. The number of nitrogens with one attached hydrogen (secondary N) is 2. The van der Waals surface area contributed by atoms with E-state index in [4.69, 9.17) is 0 Å². The summed E-state index contributed by atoms with van der Waals surface area (Å²) in [7, 11) is 0. The van der Waals surface area contributed by atoms with Crippen LogP contribution >= 0.6 is 0 Å². The Morgan fingerprint density at radius 2 is 1.92 bits per heavy atom. The molecule has 0 radical (unpaired) electrons. The number of halogens is 1. The summed E-state index contributed by atoms with van der Waals surface area (Å²) in [5.41, 5.74) is 6.68. The smallest absolute Gasteiger partial charge is 0.234 e. The Kier molecular flexibility index (Phi) is 7.49. The number of pyridine rings is 1. The Morgan fingerprint density at radius 1 is 1.17 bits per heavy atom. The number of hydrogen-bond donors (Lipinski definition) is 2. The van der Waals surface area contributed by atoms with E-state index in [0.29, 0.717) is 5.56 Å². The zero-order valence-corrected chi connectivity index (χ0v) is 21.8. The Labute approximate surface area is 210 Å². The van der Waals surface area contributed by atoms with Crippen molar-refractivity contribution in [2.45, 2.75) is 53.5 Å².